The van der Waals surface area contributed by atoms with Gasteiger partial charge < -0.3 is 26.4 Å². The molecule has 1 saturated heterocycles. The van der Waals surface area contributed by atoms with Crippen LogP contribution in [0, 0.1) is 0 Å². The molecule has 144 valence electrons. The Morgan fingerprint density at radius 2 is 1.93 bits per heavy atom. The molecule has 1 spiro atoms. The van der Waals surface area contributed by atoms with Crippen LogP contribution >= 0.6 is 0 Å². The fourth-order valence-electron chi connectivity index (χ4n) is 3.75. The van der Waals surface area contributed by atoms with E-state index in [1.54, 1.807) is 24.3 Å². The monoisotopic (exact) mass is 380 g/mol. The molecular formula is C20H20N4O4. The summed E-state index contributed by atoms with van der Waals surface area (Å²) >= 11 is 0. The summed E-state index contributed by atoms with van der Waals surface area (Å²) in [6.07, 6.45) is 0.390. The molecule has 0 bridgehead atoms. The minimum absolute atomic E-state index is 0.139. The van der Waals surface area contributed by atoms with Gasteiger partial charge in [-0.15, -0.1) is 0 Å². The molecule has 2 unspecified atom stereocenters. The number of amides is 3. The number of primary amides is 1. The lowest BCUT2D eigenvalue weighted by atomic mass is 9.79. The second kappa shape index (κ2) is 6.88. The van der Waals surface area contributed by atoms with Crippen LogP contribution in [0.1, 0.15) is 12.0 Å². The normalized spacial score (nSPS) is 22.3. The molecule has 4 rings (SSSR count). The Morgan fingerprint density at radius 3 is 2.68 bits per heavy atom. The number of carbonyl (C=O) groups is 3. The smallest absolute Gasteiger partial charge is 0.255 e. The molecule has 28 heavy (non-hydrogen) atoms. The van der Waals surface area contributed by atoms with E-state index in [1.807, 2.05) is 24.3 Å². The molecule has 5 N–H and O–H groups in total. The van der Waals surface area contributed by atoms with Gasteiger partial charge in [-0.05, 0) is 42.3 Å². The summed E-state index contributed by atoms with van der Waals surface area (Å²) in [7, 11) is 0. The third kappa shape index (κ3) is 3.13. The second-order valence-corrected chi connectivity index (χ2v) is 6.98. The third-order valence-electron chi connectivity index (χ3n) is 5.14. The van der Waals surface area contributed by atoms with E-state index < -0.39 is 17.4 Å². The van der Waals surface area contributed by atoms with Crippen molar-refractivity contribution in [2.24, 2.45) is 5.73 Å². The molecule has 1 fully saturated rings. The Kier molecular flexibility index (Phi) is 4.38. The topological polar surface area (TPSA) is 123 Å². The van der Waals surface area contributed by atoms with Gasteiger partial charge in [-0.25, -0.2) is 0 Å². The van der Waals surface area contributed by atoms with E-state index in [1.165, 1.54) is 0 Å². The average molecular weight is 380 g/mol. The van der Waals surface area contributed by atoms with Crippen molar-refractivity contribution >= 4 is 29.1 Å². The maximum absolute atomic E-state index is 12.7. The predicted octanol–water partition coefficient (Wildman–Crippen LogP) is 0.741. The van der Waals surface area contributed by atoms with Gasteiger partial charge in [-0.3, -0.25) is 14.4 Å². The first-order valence-corrected chi connectivity index (χ1v) is 8.94. The van der Waals surface area contributed by atoms with Crippen LogP contribution < -0.4 is 26.4 Å². The first-order chi connectivity index (χ1) is 13.5. The van der Waals surface area contributed by atoms with Crippen molar-refractivity contribution in [3.8, 4) is 5.75 Å². The summed E-state index contributed by atoms with van der Waals surface area (Å²) in [5.41, 5.74) is 6.75. The Labute approximate surface area is 161 Å². The van der Waals surface area contributed by atoms with Crippen molar-refractivity contribution in [1.82, 2.24) is 5.32 Å². The van der Waals surface area contributed by atoms with E-state index in [4.69, 9.17) is 10.5 Å². The molecule has 0 radical (unpaired) electrons. The molecule has 2 atom stereocenters. The number of ether oxygens (including phenoxy) is 1. The Morgan fingerprint density at radius 1 is 1.18 bits per heavy atom. The second-order valence-electron chi connectivity index (χ2n) is 6.98. The number of nitrogens with one attached hydrogen (secondary N) is 3. The molecule has 2 aliphatic heterocycles. The van der Waals surface area contributed by atoms with Crippen LogP contribution in [-0.4, -0.2) is 36.9 Å². The lowest BCUT2D eigenvalue weighted by Crippen LogP contribution is -2.39. The van der Waals surface area contributed by atoms with Gasteiger partial charge in [0.05, 0.1) is 5.41 Å². The Hall–Kier alpha value is -3.55. The predicted molar refractivity (Wildman–Crippen MR) is 103 cm³/mol. The van der Waals surface area contributed by atoms with E-state index in [-0.39, 0.29) is 18.4 Å². The molecule has 0 saturated carbocycles. The summed E-state index contributed by atoms with van der Waals surface area (Å²) in [6, 6.07) is 13.6. The van der Waals surface area contributed by atoms with Crippen LogP contribution in [-0.2, 0) is 19.8 Å². The number of para-hydroxylation sites is 1. The standard InChI is InChI=1S/C20H20N4O4/c21-17(25)10-28-13-7-5-12(6-8-13)23-18(26)16-9-20(19(27)24-16)11-22-15-4-2-1-3-14(15)20/h1-8,16,22H,9-11H2,(H2,21,25)(H,23,26)(H,24,27). The quantitative estimate of drug-likeness (QED) is 0.609. The summed E-state index contributed by atoms with van der Waals surface area (Å²) in [5.74, 6) is -0.509. The van der Waals surface area contributed by atoms with Crippen LogP contribution in [0.3, 0.4) is 0 Å². The van der Waals surface area contributed by atoms with Crippen molar-refractivity contribution in [3.05, 3.63) is 54.1 Å². The van der Waals surface area contributed by atoms with Crippen molar-refractivity contribution in [3.63, 3.8) is 0 Å². The summed E-state index contributed by atoms with van der Waals surface area (Å²) in [5, 5.41) is 8.89. The summed E-state index contributed by atoms with van der Waals surface area (Å²) in [6.45, 7) is 0.269. The molecule has 0 aromatic heterocycles. The third-order valence-corrected chi connectivity index (χ3v) is 5.14. The van der Waals surface area contributed by atoms with Gasteiger partial charge in [0, 0.05) is 17.9 Å². The van der Waals surface area contributed by atoms with Crippen LogP contribution in [0.4, 0.5) is 11.4 Å². The lowest BCUT2D eigenvalue weighted by Gasteiger charge is -2.19. The molecule has 2 aliphatic rings. The minimum atomic E-state index is -0.717. The number of hydrogen-bond donors (Lipinski definition) is 4. The molecule has 2 heterocycles. The first-order valence-electron chi connectivity index (χ1n) is 8.94. The van der Waals surface area contributed by atoms with Crippen LogP contribution in [0.25, 0.3) is 0 Å². The molecule has 3 amide bonds. The Bertz CT molecular complexity index is 943. The number of nitrogens with two attached hydrogens (primary N) is 1. The average Bonchev–Trinajstić information content (AvgIpc) is 3.23. The van der Waals surface area contributed by atoms with E-state index >= 15 is 0 Å². The van der Waals surface area contributed by atoms with Crippen molar-refractivity contribution in [2.45, 2.75) is 17.9 Å². The lowest BCUT2D eigenvalue weighted by molar-refractivity contribution is -0.125. The maximum atomic E-state index is 12.7. The minimum Gasteiger partial charge on any atom is -0.484 e. The summed E-state index contributed by atoms with van der Waals surface area (Å²) < 4.78 is 5.19. The van der Waals surface area contributed by atoms with E-state index in [0.717, 1.165) is 11.3 Å². The van der Waals surface area contributed by atoms with E-state index in [9.17, 15) is 14.4 Å². The molecular weight excluding hydrogens is 360 g/mol. The maximum Gasteiger partial charge on any atom is 0.255 e. The zero-order valence-electron chi connectivity index (χ0n) is 15.0. The van der Waals surface area contributed by atoms with Crippen LogP contribution in [0.15, 0.2) is 48.5 Å². The number of fused-ring (bicyclic) bond motifs is 2. The molecule has 0 aliphatic carbocycles. The van der Waals surface area contributed by atoms with E-state index in [2.05, 4.69) is 16.0 Å². The van der Waals surface area contributed by atoms with Crippen molar-refractivity contribution in [2.75, 3.05) is 23.8 Å². The zero-order chi connectivity index (χ0) is 19.7. The highest BCUT2D eigenvalue weighted by Gasteiger charge is 2.53. The van der Waals surface area contributed by atoms with Crippen LogP contribution in [0.5, 0.6) is 5.75 Å². The largest absolute Gasteiger partial charge is 0.484 e. The Balaban J connectivity index is 1.43. The van der Waals surface area contributed by atoms with Crippen molar-refractivity contribution < 1.29 is 19.1 Å². The highest BCUT2D eigenvalue weighted by molar-refractivity contribution is 6.04. The number of benzene rings is 2. The zero-order valence-corrected chi connectivity index (χ0v) is 15.0. The number of hydrogen-bond acceptors (Lipinski definition) is 5. The van der Waals surface area contributed by atoms with Gasteiger partial charge in [0.1, 0.15) is 11.8 Å². The number of carbonyl (C=O) groups excluding carboxylic acids is 3. The highest BCUT2D eigenvalue weighted by Crippen LogP contribution is 2.43. The van der Waals surface area contributed by atoms with E-state index in [0.29, 0.717) is 24.4 Å². The van der Waals surface area contributed by atoms with Gasteiger partial charge in [0.2, 0.25) is 11.8 Å². The molecule has 8 heteroatoms. The fraction of sp³-hybridized carbons (Fsp3) is 0.250. The van der Waals surface area contributed by atoms with Gasteiger partial charge in [0.25, 0.3) is 5.91 Å². The molecule has 2 aromatic rings. The molecule has 8 nitrogen and oxygen atoms in total. The van der Waals surface area contributed by atoms with Gasteiger partial charge in [-0.1, -0.05) is 18.2 Å². The first kappa shape index (κ1) is 17.8. The number of rotatable bonds is 5. The van der Waals surface area contributed by atoms with Gasteiger partial charge >= 0.3 is 0 Å². The SMILES string of the molecule is NC(=O)COc1ccc(NC(=O)C2CC3(CNc4ccccc43)C(=O)N2)cc1. The molecule has 2 aromatic carbocycles. The highest BCUT2D eigenvalue weighted by atomic mass is 16.5. The van der Waals surface area contributed by atoms with Gasteiger partial charge in [-0.2, -0.15) is 0 Å². The van der Waals surface area contributed by atoms with Gasteiger partial charge in [0.15, 0.2) is 6.61 Å². The number of anilines is 2. The van der Waals surface area contributed by atoms with Crippen LogP contribution in [0.2, 0.25) is 0 Å². The fourth-order valence-corrected chi connectivity index (χ4v) is 3.75. The summed E-state index contributed by atoms with van der Waals surface area (Å²) in [4.78, 5) is 36.1. The van der Waals surface area contributed by atoms with Crippen molar-refractivity contribution in [1.29, 1.82) is 0 Å².